The molecule has 0 radical (unpaired) electrons. The summed E-state index contributed by atoms with van der Waals surface area (Å²) >= 11 is 0. The molecule has 1 aliphatic carbocycles. The average molecular weight is 154 g/mol. The Labute approximate surface area is 64.7 Å². The second-order valence-electron chi connectivity index (χ2n) is 3.08. The normalized spacial score (nSPS) is 23.6. The van der Waals surface area contributed by atoms with E-state index in [0.717, 1.165) is 18.6 Å². The smallest absolute Gasteiger partial charge is 0.375 e. The van der Waals surface area contributed by atoms with Gasteiger partial charge in [0.25, 0.3) is 0 Å². The van der Waals surface area contributed by atoms with Gasteiger partial charge in [-0.3, -0.25) is 0 Å². The standard InChI is InChI=1S/C8H10O3/c9-8(10)7-6(11-7)5-3-1-2-4-5/h5H,1-4H2,(H,9,10). The van der Waals surface area contributed by atoms with Crippen molar-refractivity contribution in [1.29, 1.82) is 0 Å². The van der Waals surface area contributed by atoms with E-state index in [2.05, 4.69) is 0 Å². The molecule has 0 saturated heterocycles. The summed E-state index contributed by atoms with van der Waals surface area (Å²) in [5, 5.41) is 8.50. The number of rotatable bonds is 2. The van der Waals surface area contributed by atoms with Gasteiger partial charge in [0.05, 0.1) is 0 Å². The van der Waals surface area contributed by atoms with Crippen molar-refractivity contribution >= 4 is 5.97 Å². The number of carboxylic acids is 1. The van der Waals surface area contributed by atoms with Crippen molar-refractivity contribution in [3.8, 4) is 0 Å². The van der Waals surface area contributed by atoms with E-state index in [1.54, 1.807) is 0 Å². The van der Waals surface area contributed by atoms with Gasteiger partial charge < -0.3 is 9.84 Å². The van der Waals surface area contributed by atoms with Crippen LogP contribution in [0.1, 0.15) is 25.7 Å². The Kier molecular flexibility index (Phi) is 1.37. The fraction of sp³-hybridized carbons (Fsp3) is 0.625. The quantitative estimate of drug-likeness (QED) is 0.655. The molecule has 11 heavy (non-hydrogen) atoms. The molecule has 0 unspecified atom stereocenters. The summed E-state index contributed by atoms with van der Waals surface area (Å²) in [6.45, 7) is 0. The van der Waals surface area contributed by atoms with Crippen LogP contribution in [0.4, 0.5) is 0 Å². The van der Waals surface area contributed by atoms with Gasteiger partial charge in [0.2, 0.25) is 5.76 Å². The first-order chi connectivity index (χ1) is 5.29. The molecule has 1 heterocycles. The first-order valence-electron chi connectivity index (χ1n) is 3.94. The van der Waals surface area contributed by atoms with Crippen LogP contribution < -0.4 is 0 Å². The molecule has 0 bridgehead atoms. The highest BCUT2D eigenvalue weighted by molar-refractivity contribution is 5.88. The lowest BCUT2D eigenvalue weighted by molar-refractivity contribution is -0.133. The van der Waals surface area contributed by atoms with Gasteiger partial charge in [-0.15, -0.1) is 0 Å². The molecule has 0 aromatic carbocycles. The predicted molar refractivity (Wildman–Crippen MR) is 37.7 cm³/mol. The first kappa shape index (κ1) is 6.70. The predicted octanol–water partition coefficient (Wildman–Crippen LogP) is 1.50. The van der Waals surface area contributed by atoms with Gasteiger partial charge in [-0.1, -0.05) is 12.8 Å². The number of hydrogen-bond donors (Lipinski definition) is 1. The van der Waals surface area contributed by atoms with Crippen molar-refractivity contribution in [2.24, 2.45) is 5.92 Å². The van der Waals surface area contributed by atoms with Crippen molar-refractivity contribution in [2.45, 2.75) is 25.7 Å². The van der Waals surface area contributed by atoms with Crippen LogP contribution in [0.5, 0.6) is 0 Å². The van der Waals surface area contributed by atoms with Crippen LogP contribution in [0.25, 0.3) is 0 Å². The van der Waals surface area contributed by atoms with Gasteiger partial charge >= 0.3 is 5.97 Å². The van der Waals surface area contributed by atoms with Crippen LogP contribution in [-0.2, 0) is 9.53 Å². The van der Waals surface area contributed by atoms with E-state index in [1.165, 1.54) is 12.8 Å². The number of hydrogen-bond acceptors (Lipinski definition) is 2. The average Bonchev–Trinajstić information content (AvgIpc) is 2.60. The molecule has 0 spiro atoms. The molecule has 0 aromatic heterocycles. The third kappa shape index (κ3) is 1.11. The summed E-state index contributed by atoms with van der Waals surface area (Å²) < 4.78 is 4.90. The third-order valence-corrected chi connectivity index (χ3v) is 2.31. The Morgan fingerprint density at radius 3 is 2.55 bits per heavy atom. The lowest BCUT2D eigenvalue weighted by atomic mass is 10.1. The van der Waals surface area contributed by atoms with Crippen molar-refractivity contribution in [3.63, 3.8) is 0 Å². The molecule has 3 nitrogen and oxygen atoms in total. The minimum Gasteiger partial charge on any atom is -0.475 e. The second-order valence-corrected chi connectivity index (χ2v) is 3.08. The molecular weight excluding hydrogens is 144 g/mol. The topological polar surface area (TPSA) is 49.8 Å². The molecule has 1 aliphatic heterocycles. The van der Waals surface area contributed by atoms with Gasteiger partial charge in [-0.25, -0.2) is 4.79 Å². The zero-order valence-electron chi connectivity index (χ0n) is 6.17. The zero-order valence-corrected chi connectivity index (χ0v) is 6.17. The molecule has 1 fully saturated rings. The van der Waals surface area contributed by atoms with Crippen LogP contribution in [0.2, 0.25) is 0 Å². The van der Waals surface area contributed by atoms with Crippen LogP contribution >= 0.6 is 0 Å². The highest BCUT2D eigenvalue weighted by atomic mass is 16.6. The Morgan fingerprint density at radius 2 is 2.09 bits per heavy atom. The van der Waals surface area contributed by atoms with Gasteiger partial charge in [-0.2, -0.15) is 0 Å². The number of carboxylic acid groups (broad SMARTS) is 1. The summed E-state index contributed by atoms with van der Waals surface area (Å²) in [5.41, 5.74) is 0. The molecule has 0 aromatic rings. The van der Waals surface area contributed by atoms with Crippen LogP contribution in [0.3, 0.4) is 0 Å². The Bertz CT molecular complexity index is 223. The van der Waals surface area contributed by atoms with Crippen LogP contribution in [-0.4, -0.2) is 11.1 Å². The summed E-state index contributed by atoms with van der Waals surface area (Å²) in [5.74, 6) is 0.458. The Morgan fingerprint density at radius 1 is 1.45 bits per heavy atom. The fourth-order valence-corrected chi connectivity index (χ4v) is 1.69. The lowest BCUT2D eigenvalue weighted by Gasteiger charge is -1.95. The first-order valence-corrected chi connectivity index (χ1v) is 3.94. The Balaban J connectivity index is 2.03. The molecule has 2 rings (SSSR count). The van der Waals surface area contributed by atoms with Crippen molar-refractivity contribution in [2.75, 3.05) is 0 Å². The van der Waals surface area contributed by atoms with Crippen LogP contribution in [0.15, 0.2) is 11.5 Å². The molecular formula is C8H10O3. The minimum absolute atomic E-state index is 0.205. The van der Waals surface area contributed by atoms with Gasteiger partial charge in [0, 0.05) is 5.92 Å². The van der Waals surface area contributed by atoms with Gasteiger partial charge in [0.15, 0.2) is 5.76 Å². The van der Waals surface area contributed by atoms with Crippen molar-refractivity contribution in [1.82, 2.24) is 0 Å². The Hall–Kier alpha value is -0.990. The summed E-state index contributed by atoms with van der Waals surface area (Å²) in [6, 6.07) is 0. The maximum Gasteiger partial charge on any atom is 0.375 e. The van der Waals surface area contributed by atoms with E-state index in [4.69, 9.17) is 9.84 Å². The molecule has 0 amide bonds. The highest BCUT2D eigenvalue weighted by Crippen LogP contribution is 2.41. The summed E-state index contributed by atoms with van der Waals surface area (Å²) in [6.07, 6.45) is 4.63. The molecule has 1 saturated carbocycles. The fourth-order valence-electron chi connectivity index (χ4n) is 1.69. The van der Waals surface area contributed by atoms with E-state index in [-0.39, 0.29) is 5.76 Å². The molecule has 1 N–H and O–H groups in total. The van der Waals surface area contributed by atoms with Crippen molar-refractivity contribution < 1.29 is 14.6 Å². The van der Waals surface area contributed by atoms with E-state index >= 15 is 0 Å². The number of ether oxygens (including phenoxy) is 1. The van der Waals surface area contributed by atoms with Crippen LogP contribution in [0, 0.1) is 5.92 Å². The van der Waals surface area contributed by atoms with E-state index in [0.29, 0.717) is 5.92 Å². The minimum atomic E-state index is -0.910. The number of allylic oxidation sites excluding steroid dienone is 1. The van der Waals surface area contributed by atoms with Gasteiger partial charge in [-0.05, 0) is 12.8 Å². The monoisotopic (exact) mass is 154 g/mol. The highest BCUT2D eigenvalue weighted by Gasteiger charge is 2.38. The van der Waals surface area contributed by atoms with Crippen molar-refractivity contribution in [3.05, 3.63) is 11.5 Å². The summed E-state index contributed by atoms with van der Waals surface area (Å²) in [7, 11) is 0. The third-order valence-electron chi connectivity index (χ3n) is 2.31. The maximum absolute atomic E-state index is 10.3. The summed E-state index contributed by atoms with van der Waals surface area (Å²) in [4.78, 5) is 10.3. The van der Waals surface area contributed by atoms with E-state index in [9.17, 15) is 4.79 Å². The SMILES string of the molecule is O=C(O)C1=C(C2CCCC2)O1. The van der Waals surface area contributed by atoms with Gasteiger partial charge in [0.1, 0.15) is 0 Å². The zero-order chi connectivity index (χ0) is 7.84. The number of carbonyl (C=O) groups is 1. The largest absolute Gasteiger partial charge is 0.475 e. The molecule has 60 valence electrons. The second kappa shape index (κ2) is 2.26. The van der Waals surface area contributed by atoms with E-state index < -0.39 is 5.97 Å². The van der Waals surface area contributed by atoms with E-state index in [1.807, 2.05) is 0 Å². The molecule has 2 aliphatic rings. The lowest BCUT2D eigenvalue weighted by Crippen LogP contribution is -1.91. The maximum atomic E-state index is 10.3. The molecule has 0 atom stereocenters. The number of aliphatic carboxylic acids is 1. The molecule has 3 heteroatoms.